The minimum atomic E-state index is -3.07. The number of rotatable bonds is 5. The lowest BCUT2D eigenvalue weighted by molar-refractivity contribution is 0.522. The Morgan fingerprint density at radius 2 is 2.11 bits per heavy atom. The summed E-state index contributed by atoms with van der Waals surface area (Å²) in [6, 6.07) is 5.96. The Morgan fingerprint density at radius 3 is 2.79 bits per heavy atom. The molecule has 0 fully saturated rings. The van der Waals surface area contributed by atoms with Gasteiger partial charge in [-0.05, 0) is 19.4 Å². The molecular weight excluding hydrogens is 262 g/mol. The van der Waals surface area contributed by atoms with Crippen LogP contribution in [0.4, 0.5) is 0 Å². The van der Waals surface area contributed by atoms with Crippen molar-refractivity contribution < 1.29 is 8.42 Å². The highest BCUT2D eigenvalue weighted by atomic mass is 32.2. The highest BCUT2D eigenvalue weighted by Gasteiger charge is 2.29. The van der Waals surface area contributed by atoms with Gasteiger partial charge in [-0.1, -0.05) is 18.2 Å². The average molecular weight is 281 g/mol. The first kappa shape index (κ1) is 14.0. The summed E-state index contributed by atoms with van der Waals surface area (Å²) in [5, 5.41) is 11.2. The summed E-state index contributed by atoms with van der Waals surface area (Å²) < 4.78 is 22.5. The van der Waals surface area contributed by atoms with Crippen LogP contribution in [-0.2, 0) is 16.4 Å². The van der Waals surface area contributed by atoms with Crippen molar-refractivity contribution in [1.29, 1.82) is 0 Å². The zero-order chi connectivity index (χ0) is 14.1. The van der Waals surface area contributed by atoms with E-state index in [2.05, 4.69) is 15.5 Å². The minimum absolute atomic E-state index is 0.413. The van der Waals surface area contributed by atoms with E-state index in [9.17, 15) is 8.42 Å². The lowest BCUT2D eigenvalue weighted by Crippen LogP contribution is -2.41. The Labute approximate surface area is 113 Å². The van der Waals surface area contributed by atoms with Gasteiger partial charge in [-0.25, -0.2) is 8.42 Å². The van der Waals surface area contributed by atoms with E-state index >= 15 is 0 Å². The number of H-pyrrole nitrogens is 1. The van der Waals surface area contributed by atoms with Gasteiger partial charge in [-0.2, -0.15) is 5.10 Å². The first-order chi connectivity index (χ1) is 8.81. The van der Waals surface area contributed by atoms with E-state index in [1.54, 1.807) is 20.0 Å². The van der Waals surface area contributed by atoms with Gasteiger partial charge in [0, 0.05) is 24.7 Å². The molecule has 1 aromatic carbocycles. The Morgan fingerprint density at radius 1 is 1.37 bits per heavy atom. The van der Waals surface area contributed by atoms with E-state index in [0.717, 1.165) is 16.5 Å². The number of nitrogens with zero attached hydrogens (tertiary/aromatic N) is 1. The molecule has 0 unspecified atom stereocenters. The van der Waals surface area contributed by atoms with Crippen LogP contribution in [0.2, 0.25) is 0 Å². The van der Waals surface area contributed by atoms with E-state index in [1.165, 1.54) is 6.26 Å². The zero-order valence-electron chi connectivity index (χ0n) is 11.4. The largest absolute Gasteiger partial charge is 0.311 e. The van der Waals surface area contributed by atoms with Gasteiger partial charge in [0.15, 0.2) is 9.84 Å². The highest BCUT2D eigenvalue weighted by Crippen LogP contribution is 2.17. The number of aromatic amines is 1. The summed E-state index contributed by atoms with van der Waals surface area (Å²) in [5.41, 5.74) is 2.08. The van der Waals surface area contributed by atoms with Gasteiger partial charge in [0.05, 0.1) is 16.5 Å². The second-order valence-corrected chi connectivity index (χ2v) is 8.04. The van der Waals surface area contributed by atoms with Crippen molar-refractivity contribution in [3.63, 3.8) is 0 Å². The second-order valence-electron chi connectivity index (χ2n) is 5.39. The molecule has 0 atom stereocenters. The summed E-state index contributed by atoms with van der Waals surface area (Å²) in [4.78, 5) is 0. The molecule has 5 nitrogen and oxygen atoms in total. The number of aromatic nitrogens is 2. The topological polar surface area (TPSA) is 74.8 Å². The number of sulfone groups is 1. The van der Waals surface area contributed by atoms with Crippen molar-refractivity contribution in [2.45, 2.75) is 25.1 Å². The molecule has 0 aliphatic heterocycles. The van der Waals surface area contributed by atoms with Crippen molar-refractivity contribution >= 4 is 20.7 Å². The van der Waals surface area contributed by atoms with Crippen molar-refractivity contribution in [1.82, 2.24) is 15.5 Å². The lowest BCUT2D eigenvalue weighted by atomic mass is 10.1. The number of fused-ring (bicyclic) bond motifs is 1. The van der Waals surface area contributed by atoms with Crippen molar-refractivity contribution in [3.05, 3.63) is 30.0 Å². The molecule has 6 heteroatoms. The van der Waals surface area contributed by atoms with Crippen LogP contribution < -0.4 is 5.32 Å². The van der Waals surface area contributed by atoms with Crippen LogP contribution >= 0.6 is 0 Å². The molecule has 0 saturated carbocycles. The molecule has 1 heterocycles. The molecule has 0 aliphatic rings. The predicted octanol–water partition coefficient (Wildman–Crippen LogP) is 1.48. The summed E-state index contributed by atoms with van der Waals surface area (Å²) in [7, 11) is -3.07. The monoisotopic (exact) mass is 281 g/mol. The van der Waals surface area contributed by atoms with E-state index in [4.69, 9.17) is 0 Å². The Hall–Kier alpha value is -1.40. The van der Waals surface area contributed by atoms with Gasteiger partial charge >= 0.3 is 0 Å². The van der Waals surface area contributed by atoms with Crippen LogP contribution in [0.3, 0.4) is 0 Å². The second kappa shape index (κ2) is 4.94. The van der Waals surface area contributed by atoms with E-state index in [-0.39, 0.29) is 0 Å². The first-order valence-electron chi connectivity index (χ1n) is 6.12. The highest BCUT2D eigenvalue weighted by molar-refractivity contribution is 7.92. The molecule has 0 saturated heterocycles. The van der Waals surface area contributed by atoms with Crippen LogP contribution in [0.5, 0.6) is 0 Å². The number of para-hydroxylation sites is 1. The summed E-state index contributed by atoms with van der Waals surface area (Å²) in [5.74, 6) is 0. The Bertz CT molecular complexity index is 674. The SMILES string of the molecule is CC(C)(CNCc1cccc2cn[nH]c12)S(C)(=O)=O. The van der Waals surface area contributed by atoms with Gasteiger partial charge < -0.3 is 5.32 Å². The van der Waals surface area contributed by atoms with Crippen molar-refractivity contribution in [3.8, 4) is 0 Å². The maximum Gasteiger partial charge on any atom is 0.153 e. The van der Waals surface area contributed by atoms with Crippen LogP contribution in [0.1, 0.15) is 19.4 Å². The number of hydrogen-bond acceptors (Lipinski definition) is 4. The standard InChI is InChI=1S/C13H19N3O2S/c1-13(2,19(3,17)18)9-14-7-10-5-4-6-11-8-15-16-12(10)11/h4-6,8,14H,7,9H2,1-3H3,(H,15,16). The first-order valence-corrected chi connectivity index (χ1v) is 8.02. The quantitative estimate of drug-likeness (QED) is 0.870. The third-order valence-corrected chi connectivity index (χ3v) is 5.58. The molecular formula is C13H19N3O2S. The molecule has 0 amide bonds. The molecule has 0 aliphatic carbocycles. The molecule has 0 bridgehead atoms. The molecule has 104 valence electrons. The fraction of sp³-hybridized carbons (Fsp3) is 0.462. The molecule has 0 spiro atoms. The number of benzene rings is 1. The van der Waals surface area contributed by atoms with Crippen LogP contribution in [-0.4, -0.2) is 36.2 Å². The Kier molecular flexibility index (Phi) is 3.64. The fourth-order valence-corrected chi connectivity index (χ4v) is 2.17. The summed E-state index contributed by atoms with van der Waals surface area (Å²) in [6.45, 7) is 4.48. The van der Waals surface area contributed by atoms with E-state index in [0.29, 0.717) is 13.1 Å². The molecule has 2 aromatic rings. The van der Waals surface area contributed by atoms with Gasteiger partial charge in [0.25, 0.3) is 0 Å². The summed E-state index contributed by atoms with van der Waals surface area (Å²) >= 11 is 0. The van der Waals surface area contributed by atoms with Crippen LogP contribution in [0, 0.1) is 0 Å². The van der Waals surface area contributed by atoms with Crippen molar-refractivity contribution in [2.75, 3.05) is 12.8 Å². The zero-order valence-corrected chi connectivity index (χ0v) is 12.2. The lowest BCUT2D eigenvalue weighted by Gasteiger charge is -2.22. The molecule has 1 aromatic heterocycles. The third kappa shape index (κ3) is 2.96. The average Bonchev–Trinajstić information content (AvgIpc) is 2.76. The summed E-state index contributed by atoms with van der Waals surface area (Å²) in [6.07, 6.45) is 3.05. The number of nitrogens with one attached hydrogen (secondary N) is 2. The third-order valence-electron chi connectivity index (χ3n) is 3.43. The van der Waals surface area contributed by atoms with E-state index < -0.39 is 14.6 Å². The van der Waals surface area contributed by atoms with Gasteiger partial charge in [-0.15, -0.1) is 0 Å². The molecule has 19 heavy (non-hydrogen) atoms. The van der Waals surface area contributed by atoms with Gasteiger partial charge in [-0.3, -0.25) is 5.10 Å². The van der Waals surface area contributed by atoms with Gasteiger partial charge in [0.2, 0.25) is 0 Å². The molecule has 0 radical (unpaired) electrons. The maximum absolute atomic E-state index is 11.6. The van der Waals surface area contributed by atoms with Gasteiger partial charge in [0.1, 0.15) is 0 Å². The normalized spacial score (nSPS) is 13.0. The van der Waals surface area contributed by atoms with Crippen molar-refractivity contribution in [2.24, 2.45) is 0 Å². The smallest absolute Gasteiger partial charge is 0.153 e. The fourth-order valence-electron chi connectivity index (χ4n) is 1.81. The molecule has 2 rings (SSSR count). The van der Waals surface area contributed by atoms with Crippen LogP contribution in [0.15, 0.2) is 24.4 Å². The van der Waals surface area contributed by atoms with E-state index in [1.807, 2.05) is 18.2 Å². The Balaban J connectivity index is 2.06. The van der Waals surface area contributed by atoms with Crippen LogP contribution in [0.25, 0.3) is 10.9 Å². The number of hydrogen-bond donors (Lipinski definition) is 2. The molecule has 2 N–H and O–H groups in total. The maximum atomic E-state index is 11.6. The minimum Gasteiger partial charge on any atom is -0.311 e. The predicted molar refractivity (Wildman–Crippen MR) is 76.7 cm³/mol.